The topological polar surface area (TPSA) is 41.9 Å². The summed E-state index contributed by atoms with van der Waals surface area (Å²) in [6.07, 6.45) is -0.321. The first-order valence-electron chi connectivity index (χ1n) is 8.19. The van der Waals surface area contributed by atoms with Crippen molar-refractivity contribution in [3.05, 3.63) is 34.2 Å². The largest absolute Gasteiger partial charge is 0.389 e. The number of likely N-dealkylation sites (N-methyl/N-ethyl adjacent to an activating group) is 1. The summed E-state index contributed by atoms with van der Waals surface area (Å²) in [5, 5.41) is 12.0. The number of ether oxygens (including phenoxy) is 2. The second-order valence-corrected chi connectivity index (χ2v) is 7.70. The molecule has 1 aromatic carbocycles. The molecule has 0 radical (unpaired) electrons. The van der Waals surface area contributed by atoms with E-state index in [-0.39, 0.29) is 6.10 Å². The van der Waals surface area contributed by atoms with Crippen LogP contribution in [0.2, 0.25) is 5.02 Å². The van der Waals surface area contributed by atoms with Crippen molar-refractivity contribution in [2.24, 2.45) is 0 Å². The van der Waals surface area contributed by atoms with Crippen molar-refractivity contribution in [2.45, 2.75) is 32.6 Å². The Morgan fingerprint density at radius 3 is 2.71 bits per heavy atom. The van der Waals surface area contributed by atoms with E-state index in [1.165, 1.54) is 4.70 Å². The summed E-state index contributed by atoms with van der Waals surface area (Å²) in [6, 6.07) is 8.14. The third kappa shape index (κ3) is 5.99. The number of aliphatic hydroxyl groups excluding tert-OH is 1. The van der Waals surface area contributed by atoms with E-state index in [0.29, 0.717) is 32.9 Å². The maximum atomic E-state index is 10.1. The average molecular weight is 372 g/mol. The number of rotatable bonds is 10. The predicted octanol–water partition coefficient (Wildman–Crippen LogP) is 3.79. The highest BCUT2D eigenvalue weighted by atomic mass is 35.5. The number of aliphatic hydroxyl groups is 1. The highest BCUT2D eigenvalue weighted by molar-refractivity contribution is 7.19. The smallest absolute Gasteiger partial charge is 0.0900 e. The molecule has 2 rings (SSSR count). The van der Waals surface area contributed by atoms with Gasteiger partial charge in [-0.15, -0.1) is 11.3 Å². The van der Waals surface area contributed by atoms with Gasteiger partial charge in [-0.3, -0.25) is 4.90 Å². The van der Waals surface area contributed by atoms with Crippen molar-refractivity contribution in [3.8, 4) is 0 Å². The van der Waals surface area contributed by atoms with Gasteiger partial charge in [-0.05, 0) is 27.0 Å². The highest BCUT2D eigenvalue weighted by Crippen LogP contribution is 2.35. The summed E-state index contributed by atoms with van der Waals surface area (Å²) in [6.45, 7) is 6.60. The van der Waals surface area contributed by atoms with E-state index in [0.717, 1.165) is 15.3 Å². The fourth-order valence-corrected chi connectivity index (χ4v) is 4.02. The van der Waals surface area contributed by atoms with E-state index in [4.69, 9.17) is 21.1 Å². The van der Waals surface area contributed by atoms with Crippen LogP contribution < -0.4 is 0 Å². The second-order valence-electron chi connectivity index (χ2n) is 6.18. The maximum absolute atomic E-state index is 10.1. The van der Waals surface area contributed by atoms with Gasteiger partial charge in [0.1, 0.15) is 0 Å². The molecule has 1 atom stereocenters. The van der Waals surface area contributed by atoms with Crippen molar-refractivity contribution in [1.29, 1.82) is 0 Å². The first kappa shape index (κ1) is 19.6. The van der Waals surface area contributed by atoms with Crippen LogP contribution in [0.4, 0.5) is 0 Å². The Bertz CT molecular complexity index is 632. The molecule has 0 aliphatic rings. The van der Waals surface area contributed by atoms with E-state index >= 15 is 0 Å². The summed E-state index contributed by atoms with van der Waals surface area (Å²) in [5.74, 6) is 0. The fourth-order valence-electron chi connectivity index (χ4n) is 2.45. The monoisotopic (exact) mass is 371 g/mol. The molecule has 24 heavy (non-hydrogen) atoms. The van der Waals surface area contributed by atoms with Crippen molar-refractivity contribution in [3.63, 3.8) is 0 Å². The molecule has 1 N–H and O–H groups in total. The summed E-state index contributed by atoms with van der Waals surface area (Å²) in [4.78, 5) is 3.19. The van der Waals surface area contributed by atoms with Gasteiger partial charge in [-0.25, -0.2) is 0 Å². The average Bonchev–Trinajstić information content (AvgIpc) is 2.83. The van der Waals surface area contributed by atoms with Gasteiger partial charge in [0.2, 0.25) is 0 Å². The summed E-state index contributed by atoms with van der Waals surface area (Å²) in [5.41, 5.74) is 0. The normalized spacial score (nSPS) is 13.3. The van der Waals surface area contributed by atoms with E-state index < -0.39 is 6.10 Å². The molecule has 0 bridgehead atoms. The molecule has 0 saturated heterocycles. The van der Waals surface area contributed by atoms with Crippen LogP contribution in [0.25, 0.3) is 10.1 Å². The van der Waals surface area contributed by atoms with Crippen molar-refractivity contribution < 1.29 is 14.6 Å². The lowest BCUT2D eigenvalue weighted by atomic mass is 10.2. The molecule has 134 valence electrons. The van der Waals surface area contributed by atoms with Crippen LogP contribution in [0.1, 0.15) is 18.7 Å². The van der Waals surface area contributed by atoms with E-state index in [2.05, 4.69) is 11.0 Å². The van der Waals surface area contributed by atoms with Crippen molar-refractivity contribution >= 4 is 33.0 Å². The third-order valence-electron chi connectivity index (χ3n) is 3.53. The number of hydrogen-bond donors (Lipinski definition) is 1. The molecular formula is C18H26ClNO3S. The summed E-state index contributed by atoms with van der Waals surface area (Å²) >= 11 is 8.17. The lowest BCUT2D eigenvalue weighted by Gasteiger charge is -2.20. The Hall–Kier alpha value is -0.690. The number of nitrogens with zero attached hydrogens (tertiary/aromatic N) is 1. The van der Waals surface area contributed by atoms with Crippen LogP contribution in [-0.2, 0) is 16.0 Å². The number of thiophene rings is 1. The van der Waals surface area contributed by atoms with Gasteiger partial charge in [0.15, 0.2) is 0 Å². The van der Waals surface area contributed by atoms with E-state index in [9.17, 15) is 5.11 Å². The molecule has 0 fully saturated rings. The van der Waals surface area contributed by atoms with Crippen LogP contribution in [0.3, 0.4) is 0 Å². The van der Waals surface area contributed by atoms with Gasteiger partial charge < -0.3 is 14.6 Å². The third-order valence-corrected chi connectivity index (χ3v) is 5.23. The van der Waals surface area contributed by atoms with Crippen LogP contribution in [0.5, 0.6) is 0 Å². The Morgan fingerprint density at radius 1 is 1.25 bits per heavy atom. The standard InChI is InChI=1S/C18H26ClNO3S/c1-13(2)23-9-8-22-12-14(21)10-20(3)11-17-18(19)15-6-4-5-7-16(15)24-17/h4-7,13-14,21H,8-12H2,1-3H3. The SMILES string of the molecule is CC(C)OCCOCC(O)CN(C)Cc1sc2ccccc2c1Cl. The zero-order chi connectivity index (χ0) is 17.5. The Balaban J connectivity index is 1.75. The second kappa shape index (κ2) is 9.70. The maximum Gasteiger partial charge on any atom is 0.0900 e. The molecule has 0 saturated carbocycles. The number of hydrogen-bond acceptors (Lipinski definition) is 5. The Labute approximate surface area is 152 Å². The van der Waals surface area contributed by atoms with Crippen LogP contribution in [0, 0.1) is 0 Å². The van der Waals surface area contributed by atoms with Crippen molar-refractivity contribution in [2.75, 3.05) is 33.4 Å². The van der Waals surface area contributed by atoms with Gasteiger partial charge in [-0.1, -0.05) is 29.8 Å². The van der Waals surface area contributed by atoms with Gasteiger partial charge >= 0.3 is 0 Å². The zero-order valence-electron chi connectivity index (χ0n) is 14.5. The molecule has 0 aliphatic heterocycles. The molecule has 1 unspecified atom stereocenters. The molecule has 0 aliphatic carbocycles. The number of fused-ring (bicyclic) bond motifs is 1. The molecule has 0 spiro atoms. The van der Waals surface area contributed by atoms with Gasteiger partial charge in [0.25, 0.3) is 0 Å². The van der Waals surface area contributed by atoms with Crippen LogP contribution in [-0.4, -0.2) is 55.6 Å². The molecule has 2 aromatic rings. The molecule has 4 nitrogen and oxygen atoms in total. The Kier molecular flexibility index (Phi) is 7.94. The van der Waals surface area contributed by atoms with Crippen LogP contribution in [0.15, 0.2) is 24.3 Å². The van der Waals surface area contributed by atoms with E-state index in [1.807, 2.05) is 39.1 Å². The summed E-state index contributed by atoms with van der Waals surface area (Å²) in [7, 11) is 1.98. The Morgan fingerprint density at radius 2 is 2.00 bits per heavy atom. The number of halogens is 1. The quantitative estimate of drug-likeness (QED) is 0.645. The van der Waals surface area contributed by atoms with Gasteiger partial charge in [0.05, 0.1) is 37.1 Å². The number of benzene rings is 1. The lowest BCUT2D eigenvalue weighted by molar-refractivity contribution is -0.0173. The molecule has 0 amide bonds. The first-order chi connectivity index (χ1) is 11.5. The van der Waals surface area contributed by atoms with Crippen LogP contribution >= 0.6 is 22.9 Å². The minimum atomic E-state index is -0.526. The summed E-state index contributed by atoms with van der Waals surface area (Å²) < 4.78 is 12.0. The molecule has 1 heterocycles. The minimum absolute atomic E-state index is 0.204. The minimum Gasteiger partial charge on any atom is -0.389 e. The van der Waals surface area contributed by atoms with E-state index in [1.54, 1.807) is 11.3 Å². The lowest BCUT2D eigenvalue weighted by Crippen LogP contribution is -2.32. The molecule has 1 aromatic heterocycles. The first-order valence-corrected chi connectivity index (χ1v) is 9.38. The predicted molar refractivity (Wildman–Crippen MR) is 101 cm³/mol. The molecular weight excluding hydrogens is 346 g/mol. The van der Waals surface area contributed by atoms with Gasteiger partial charge in [-0.2, -0.15) is 0 Å². The molecule has 6 heteroatoms. The van der Waals surface area contributed by atoms with Crippen molar-refractivity contribution in [1.82, 2.24) is 4.90 Å². The fraction of sp³-hybridized carbons (Fsp3) is 0.556. The zero-order valence-corrected chi connectivity index (χ0v) is 16.1. The van der Waals surface area contributed by atoms with Gasteiger partial charge in [0, 0.05) is 28.1 Å². The highest BCUT2D eigenvalue weighted by Gasteiger charge is 2.14.